The highest BCUT2D eigenvalue weighted by Gasteiger charge is 2.29. The maximum atomic E-state index is 12.3. The molecule has 0 saturated heterocycles. The number of hydrogen-bond acceptors (Lipinski definition) is 5. The summed E-state index contributed by atoms with van der Waals surface area (Å²) in [6, 6.07) is 5.82. The zero-order valence-corrected chi connectivity index (χ0v) is 15.7. The number of rotatable bonds is 8. The molecule has 1 unspecified atom stereocenters. The number of nitrogens with zero attached hydrogens (tertiary/aromatic N) is 3. The largest absolute Gasteiger partial charge is 0.372 e. The number of fused-ring (bicyclic) bond motifs is 1. The Hall–Kier alpha value is -2.19. The van der Waals surface area contributed by atoms with Crippen molar-refractivity contribution >= 4 is 23.2 Å². The monoisotopic (exact) mass is 376 g/mol. The Bertz CT molecular complexity index is 729. The quantitative estimate of drug-likeness (QED) is 0.759. The van der Waals surface area contributed by atoms with Crippen LogP contribution in [0.4, 0.5) is 0 Å². The maximum absolute atomic E-state index is 12.3. The van der Waals surface area contributed by atoms with E-state index < -0.39 is 0 Å². The molecule has 2 amide bonds. The molecule has 1 aliphatic heterocycles. The molecule has 8 heteroatoms. The van der Waals surface area contributed by atoms with Gasteiger partial charge in [0.2, 0.25) is 11.8 Å². The van der Waals surface area contributed by atoms with Crippen LogP contribution < -0.4 is 5.32 Å². The van der Waals surface area contributed by atoms with Gasteiger partial charge in [0.25, 0.3) is 0 Å². The summed E-state index contributed by atoms with van der Waals surface area (Å²) in [5.74, 6) is -0.0745. The minimum absolute atomic E-state index is 0.0212. The van der Waals surface area contributed by atoms with Crippen molar-refractivity contribution in [1.82, 2.24) is 20.0 Å². The molecule has 7 nitrogen and oxygen atoms in total. The third kappa shape index (κ3) is 4.70. The van der Waals surface area contributed by atoms with Crippen molar-refractivity contribution in [2.45, 2.75) is 32.4 Å². The molecule has 1 atom stereocenters. The molecule has 0 fully saturated rings. The summed E-state index contributed by atoms with van der Waals surface area (Å²) in [5, 5.41) is 9.34. The Kier molecular flexibility index (Phi) is 6.40. The van der Waals surface area contributed by atoms with Crippen molar-refractivity contribution in [3.8, 4) is 0 Å². The molecule has 0 aromatic carbocycles. The normalized spacial score (nSPS) is 16.3. The standard InChI is InChI=1S/C18H24N4O3S/c1-2-25-13-18(24)21-11-14-5-8-20-22(14)15(12-21)10-17(23)19-7-6-16-4-3-9-26-16/h3-5,8-9,15H,2,6-7,10-13H2,1H3,(H,19,23). The van der Waals surface area contributed by atoms with Crippen LogP contribution >= 0.6 is 11.3 Å². The average molecular weight is 376 g/mol. The van der Waals surface area contributed by atoms with E-state index in [1.807, 2.05) is 29.1 Å². The van der Waals surface area contributed by atoms with Gasteiger partial charge in [-0.05, 0) is 30.9 Å². The summed E-state index contributed by atoms with van der Waals surface area (Å²) in [7, 11) is 0. The molecule has 140 valence electrons. The van der Waals surface area contributed by atoms with E-state index in [1.54, 1.807) is 22.4 Å². The van der Waals surface area contributed by atoms with Crippen LogP contribution in [0.1, 0.15) is 30.0 Å². The number of thiophene rings is 1. The fraction of sp³-hybridized carbons (Fsp3) is 0.500. The van der Waals surface area contributed by atoms with E-state index in [9.17, 15) is 9.59 Å². The third-order valence-corrected chi connectivity index (χ3v) is 5.30. The molecular formula is C18H24N4O3S. The lowest BCUT2D eigenvalue weighted by Gasteiger charge is -2.33. The molecule has 3 rings (SSSR count). The number of hydrogen-bond donors (Lipinski definition) is 1. The highest BCUT2D eigenvalue weighted by Crippen LogP contribution is 2.23. The fourth-order valence-corrected chi connectivity index (χ4v) is 3.78. The van der Waals surface area contributed by atoms with Crippen LogP contribution in [-0.2, 0) is 27.3 Å². The van der Waals surface area contributed by atoms with Crippen LogP contribution in [-0.4, -0.2) is 52.8 Å². The second-order valence-corrected chi connectivity index (χ2v) is 7.25. The topological polar surface area (TPSA) is 76.5 Å². The van der Waals surface area contributed by atoms with Crippen LogP contribution in [0.3, 0.4) is 0 Å². The van der Waals surface area contributed by atoms with Crippen LogP contribution in [0.2, 0.25) is 0 Å². The van der Waals surface area contributed by atoms with Crippen molar-refractivity contribution < 1.29 is 14.3 Å². The Morgan fingerprint density at radius 1 is 1.42 bits per heavy atom. The van der Waals surface area contributed by atoms with Crippen molar-refractivity contribution in [3.63, 3.8) is 0 Å². The van der Waals surface area contributed by atoms with Gasteiger partial charge in [0.1, 0.15) is 6.61 Å². The SMILES string of the molecule is CCOCC(=O)N1Cc2ccnn2C(CC(=O)NCCc2cccs2)C1. The molecule has 1 aliphatic rings. The first-order valence-electron chi connectivity index (χ1n) is 8.84. The zero-order valence-electron chi connectivity index (χ0n) is 14.9. The highest BCUT2D eigenvalue weighted by atomic mass is 32.1. The van der Waals surface area contributed by atoms with Crippen molar-refractivity contribution in [1.29, 1.82) is 0 Å². The first-order chi connectivity index (χ1) is 12.7. The van der Waals surface area contributed by atoms with E-state index in [4.69, 9.17) is 4.74 Å². The average Bonchev–Trinajstić information content (AvgIpc) is 3.31. The zero-order chi connectivity index (χ0) is 18.4. The molecule has 3 heterocycles. The van der Waals surface area contributed by atoms with E-state index in [2.05, 4.69) is 16.5 Å². The number of carbonyl (C=O) groups excluding carboxylic acids is 2. The Morgan fingerprint density at radius 2 is 2.31 bits per heavy atom. The van der Waals surface area contributed by atoms with Gasteiger partial charge < -0.3 is 15.0 Å². The molecule has 26 heavy (non-hydrogen) atoms. The molecule has 0 aliphatic carbocycles. The Balaban J connectivity index is 1.55. The predicted octanol–water partition coefficient (Wildman–Crippen LogP) is 1.61. The minimum Gasteiger partial charge on any atom is -0.372 e. The van der Waals surface area contributed by atoms with Gasteiger partial charge in [-0.2, -0.15) is 5.10 Å². The Morgan fingerprint density at radius 3 is 3.08 bits per heavy atom. The number of nitrogens with one attached hydrogen (secondary N) is 1. The summed E-state index contributed by atoms with van der Waals surface area (Å²) in [6.45, 7) is 4.03. The fourth-order valence-electron chi connectivity index (χ4n) is 3.08. The molecule has 2 aromatic heterocycles. The molecule has 0 bridgehead atoms. The van der Waals surface area contributed by atoms with Crippen LogP contribution in [0, 0.1) is 0 Å². The molecule has 1 N–H and O–H groups in total. The summed E-state index contributed by atoms with van der Waals surface area (Å²) in [6.07, 6.45) is 2.85. The van der Waals surface area contributed by atoms with E-state index in [-0.39, 0.29) is 24.5 Å². The molecule has 2 aromatic rings. The van der Waals surface area contributed by atoms with Crippen LogP contribution in [0.25, 0.3) is 0 Å². The highest BCUT2D eigenvalue weighted by molar-refractivity contribution is 7.09. The second-order valence-electron chi connectivity index (χ2n) is 6.22. The van der Waals surface area contributed by atoms with E-state index >= 15 is 0 Å². The Labute approximate surface area is 156 Å². The van der Waals surface area contributed by atoms with E-state index in [0.29, 0.717) is 32.7 Å². The van der Waals surface area contributed by atoms with E-state index in [0.717, 1.165) is 12.1 Å². The van der Waals surface area contributed by atoms with Gasteiger partial charge in [-0.1, -0.05) is 6.07 Å². The minimum atomic E-state index is -0.152. The van der Waals surface area contributed by atoms with E-state index in [1.165, 1.54) is 4.88 Å². The number of carbonyl (C=O) groups is 2. The summed E-state index contributed by atoms with van der Waals surface area (Å²) < 4.78 is 7.10. The van der Waals surface area contributed by atoms with Crippen LogP contribution in [0.5, 0.6) is 0 Å². The third-order valence-electron chi connectivity index (χ3n) is 4.36. The van der Waals surface area contributed by atoms with Crippen LogP contribution in [0.15, 0.2) is 29.8 Å². The van der Waals surface area contributed by atoms with Gasteiger partial charge in [-0.3, -0.25) is 14.3 Å². The molecule has 0 spiro atoms. The summed E-state index contributed by atoms with van der Waals surface area (Å²) in [5.41, 5.74) is 0.942. The van der Waals surface area contributed by atoms with Crippen molar-refractivity contribution in [2.24, 2.45) is 0 Å². The molecule has 0 saturated carbocycles. The smallest absolute Gasteiger partial charge is 0.248 e. The lowest BCUT2D eigenvalue weighted by Crippen LogP contribution is -2.44. The maximum Gasteiger partial charge on any atom is 0.248 e. The van der Waals surface area contributed by atoms with Gasteiger partial charge in [-0.15, -0.1) is 11.3 Å². The first-order valence-corrected chi connectivity index (χ1v) is 9.72. The summed E-state index contributed by atoms with van der Waals surface area (Å²) >= 11 is 1.69. The lowest BCUT2D eigenvalue weighted by molar-refractivity contribution is -0.138. The first kappa shape index (κ1) is 18.6. The van der Waals surface area contributed by atoms with Gasteiger partial charge in [0.05, 0.1) is 24.7 Å². The second kappa shape index (κ2) is 8.95. The number of aromatic nitrogens is 2. The van der Waals surface area contributed by atoms with Gasteiger partial charge in [-0.25, -0.2) is 0 Å². The van der Waals surface area contributed by atoms with Gasteiger partial charge >= 0.3 is 0 Å². The van der Waals surface area contributed by atoms with Gasteiger partial charge in [0.15, 0.2) is 0 Å². The number of ether oxygens (including phenoxy) is 1. The summed E-state index contributed by atoms with van der Waals surface area (Å²) in [4.78, 5) is 27.6. The molecular weight excluding hydrogens is 352 g/mol. The van der Waals surface area contributed by atoms with Crippen molar-refractivity contribution in [2.75, 3.05) is 26.3 Å². The number of amides is 2. The molecule has 0 radical (unpaired) electrons. The van der Waals surface area contributed by atoms with Crippen molar-refractivity contribution in [3.05, 3.63) is 40.3 Å². The van der Waals surface area contributed by atoms with Gasteiger partial charge in [0, 0.05) is 30.8 Å². The lowest BCUT2D eigenvalue weighted by atomic mass is 10.1. The predicted molar refractivity (Wildman–Crippen MR) is 98.8 cm³/mol.